The molecule has 1 atom stereocenters. The number of nitrogens with zero attached hydrogens (tertiary/aromatic N) is 2. The minimum atomic E-state index is 0. The monoisotopic (exact) mass is 363 g/mol. The molecule has 2 aliphatic heterocycles. The summed E-state index contributed by atoms with van der Waals surface area (Å²) in [7, 11) is 0. The lowest BCUT2D eigenvalue weighted by atomic mass is 10.0. The van der Waals surface area contributed by atoms with Crippen molar-refractivity contribution in [1.82, 2.24) is 15.1 Å². The molecule has 1 N–H and O–H groups in total. The van der Waals surface area contributed by atoms with Crippen molar-refractivity contribution in [3.63, 3.8) is 0 Å². The van der Waals surface area contributed by atoms with E-state index in [4.69, 9.17) is 0 Å². The van der Waals surface area contributed by atoms with Crippen LogP contribution in [-0.4, -0.2) is 71.9 Å². The molecule has 0 spiro atoms. The molecule has 0 aromatic heterocycles. The molecular weight excluding hydrogens is 334 g/mol. The lowest BCUT2D eigenvalue weighted by Crippen LogP contribution is -2.57. The second-order valence-electron chi connectivity index (χ2n) is 6.63. The van der Waals surface area contributed by atoms with Gasteiger partial charge in [-0.1, -0.05) is 13.8 Å². The Morgan fingerprint density at radius 1 is 1.39 bits per heavy atom. The number of piperidine rings is 1. The van der Waals surface area contributed by atoms with E-state index in [1.165, 1.54) is 0 Å². The molecule has 0 radical (unpaired) electrons. The summed E-state index contributed by atoms with van der Waals surface area (Å²) in [6.07, 6.45) is 3.19. The van der Waals surface area contributed by atoms with Crippen molar-refractivity contribution in [2.75, 3.05) is 44.2 Å². The van der Waals surface area contributed by atoms with Crippen LogP contribution in [-0.2, 0) is 9.59 Å². The molecule has 2 heterocycles. The average molecular weight is 364 g/mol. The zero-order chi connectivity index (χ0) is 15.9. The Bertz CT molecular complexity index is 396. The predicted molar refractivity (Wildman–Crippen MR) is 98.2 cm³/mol. The Labute approximate surface area is 150 Å². The molecule has 2 saturated heterocycles. The number of piperazine rings is 1. The van der Waals surface area contributed by atoms with E-state index in [0.717, 1.165) is 51.2 Å². The van der Waals surface area contributed by atoms with E-state index in [0.29, 0.717) is 18.2 Å². The molecule has 0 aromatic rings. The number of nitrogens with one attached hydrogen (secondary N) is 1. The Hall–Kier alpha value is -0.460. The van der Waals surface area contributed by atoms with Gasteiger partial charge < -0.3 is 15.1 Å². The Morgan fingerprint density at radius 3 is 2.87 bits per heavy atom. The number of carbonyl (C=O) groups excluding carboxylic acids is 2. The Morgan fingerprint density at radius 2 is 2.17 bits per heavy atom. The van der Waals surface area contributed by atoms with Gasteiger partial charge in [-0.25, -0.2) is 0 Å². The molecule has 0 saturated carbocycles. The fraction of sp³-hybridized carbons (Fsp3) is 0.875. The average Bonchev–Trinajstić information content (AvgIpc) is 2.52. The summed E-state index contributed by atoms with van der Waals surface area (Å²) in [5.74, 6) is 2.74. The van der Waals surface area contributed by atoms with Crippen LogP contribution in [0.2, 0.25) is 0 Å². The summed E-state index contributed by atoms with van der Waals surface area (Å²) in [6.45, 7) is 8.06. The minimum absolute atomic E-state index is 0. The summed E-state index contributed by atoms with van der Waals surface area (Å²) in [5, 5.41) is 3.11. The fourth-order valence-electron chi connectivity index (χ4n) is 3.01. The number of carbonyl (C=O) groups is 2. The van der Waals surface area contributed by atoms with Crippen LogP contribution in [0.3, 0.4) is 0 Å². The van der Waals surface area contributed by atoms with Gasteiger partial charge in [0.25, 0.3) is 0 Å². The maximum atomic E-state index is 12.3. The van der Waals surface area contributed by atoms with E-state index in [9.17, 15) is 9.59 Å². The quantitative estimate of drug-likeness (QED) is 0.728. The van der Waals surface area contributed by atoms with Gasteiger partial charge in [-0.3, -0.25) is 9.59 Å². The molecule has 5 nitrogen and oxygen atoms in total. The van der Waals surface area contributed by atoms with Gasteiger partial charge in [0.1, 0.15) is 0 Å². The summed E-state index contributed by atoms with van der Waals surface area (Å²) in [5.41, 5.74) is 0. The molecule has 0 aliphatic carbocycles. The summed E-state index contributed by atoms with van der Waals surface area (Å²) >= 11 is 1.74. The third kappa shape index (κ3) is 6.51. The van der Waals surface area contributed by atoms with Crippen LogP contribution in [0.1, 0.15) is 33.1 Å². The number of hydrogen-bond donors (Lipinski definition) is 1. The fourth-order valence-corrected chi connectivity index (χ4v) is 4.15. The first-order chi connectivity index (χ1) is 10.6. The van der Waals surface area contributed by atoms with Gasteiger partial charge in [-0.2, -0.15) is 11.8 Å². The van der Waals surface area contributed by atoms with Crippen LogP contribution in [0.4, 0.5) is 0 Å². The lowest BCUT2D eigenvalue weighted by molar-refractivity contribution is -0.139. The molecule has 2 amide bonds. The largest absolute Gasteiger partial charge is 0.340 e. The maximum absolute atomic E-state index is 12.3. The molecule has 7 heteroatoms. The highest BCUT2D eigenvalue weighted by Gasteiger charge is 2.31. The van der Waals surface area contributed by atoms with E-state index >= 15 is 0 Å². The predicted octanol–water partition coefficient (Wildman–Crippen LogP) is 1.61. The first kappa shape index (κ1) is 20.6. The maximum Gasteiger partial charge on any atom is 0.236 e. The first-order valence-electron chi connectivity index (χ1n) is 8.43. The van der Waals surface area contributed by atoms with E-state index in [2.05, 4.69) is 19.2 Å². The van der Waals surface area contributed by atoms with Gasteiger partial charge >= 0.3 is 0 Å². The Kier molecular flexibility index (Phi) is 9.32. The van der Waals surface area contributed by atoms with Crippen molar-refractivity contribution in [2.24, 2.45) is 5.92 Å². The van der Waals surface area contributed by atoms with Gasteiger partial charge in [0, 0.05) is 32.2 Å². The number of rotatable bonds is 6. The molecule has 0 bridgehead atoms. The highest BCUT2D eigenvalue weighted by molar-refractivity contribution is 7.99. The summed E-state index contributed by atoms with van der Waals surface area (Å²) in [4.78, 5) is 28.3. The lowest BCUT2D eigenvalue weighted by Gasteiger charge is -2.41. The van der Waals surface area contributed by atoms with Crippen molar-refractivity contribution < 1.29 is 9.59 Å². The molecular formula is C16H30ClN3O2S. The van der Waals surface area contributed by atoms with Crippen molar-refractivity contribution >= 4 is 36.0 Å². The van der Waals surface area contributed by atoms with Crippen LogP contribution < -0.4 is 5.32 Å². The summed E-state index contributed by atoms with van der Waals surface area (Å²) in [6, 6.07) is 0.216. The normalized spacial score (nSPS) is 22.2. The van der Waals surface area contributed by atoms with Gasteiger partial charge in [-0.15, -0.1) is 12.4 Å². The van der Waals surface area contributed by atoms with Crippen molar-refractivity contribution in [3.05, 3.63) is 0 Å². The van der Waals surface area contributed by atoms with Crippen molar-refractivity contribution in [2.45, 2.75) is 39.2 Å². The standard InChI is InChI=1S/C16H29N3O2S.ClH/c1-13(2)5-9-22-12-16(21)18-7-3-4-14(11-18)19-8-6-17-10-15(19)20;/h13-14,17H,3-12H2,1-2H3;1H. The van der Waals surface area contributed by atoms with Crippen LogP contribution in [0.25, 0.3) is 0 Å². The summed E-state index contributed by atoms with van der Waals surface area (Å²) < 4.78 is 0. The Balaban J connectivity index is 0.00000264. The number of hydrogen-bond acceptors (Lipinski definition) is 4. The van der Waals surface area contributed by atoms with E-state index in [-0.39, 0.29) is 30.3 Å². The minimum Gasteiger partial charge on any atom is -0.340 e. The third-order valence-electron chi connectivity index (χ3n) is 4.38. The zero-order valence-electron chi connectivity index (χ0n) is 14.3. The zero-order valence-corrected chi connectivity index (χ0v) is 15.9. The second kappa shape index (κ2) is 10.4. The number of halogens is 1. The molecule has 2 rings (SSSR count). The van der Waals surface area contributed by atoms with Gasteiger partial charge in [0.05, 0.1) is 12.3 Å². The van der Waals surface area contributed by atoms with E-state index < -0.39 is 0 Å². The van der Waals surface area contributed by atoms with Crippen molar-refractivity contribution in [1.29, 1.82) is 0 Å². The third-order valence-corrected chi connectivity index (χ3v) is 5.36. The van der Waals surface area contributed by atoms with Crippen LogP contribution in [0.15, 0.2) is 0 Å². The molecule has 23 heavy (non-hydrogen) atoms. The van der Waals surface area contributed by atoms with Crippen LogP contribution in [0.5, 0.6) is 0 Å². The van der Waals surface area contributed by atoms with Gasteiger partial charge in [0.2, 0.25) is 11.8 Å². The number of likely N-dealkylation sites (tertiary alicyclic amines) is 1. The first-order valence-corrected chi connectivity index (χ1v) is 9.59. The molecule has 2 fully saturated rings. The molecule has 134 valence electrons. The second-order valence-corrected chi connectivity index (χ2v) is 7.74. The van der Waals surface area contributed by atoms with Crippen LogP contribution in [0, 0.1) is 5.92 Å². The van der Waals surface area contributed by atoms with Crippen molar-refractivity contribution in [3.8, 4) is 0 Å². The highest BCUT2D eigenvalue weighted by Crippen LogP contribution is 2.18. The van der Waals surface area contributed by atoms with Gasteiger partial charge in [-0.05, 0) is 30.9 Å². The van der Waals surface area contributed by atoms with Crippen LogP contribution >= 0.6 is 24.2 Å². The van der Waals surface area contributed by atoms with E-state index in [1.54, 1.807) is 11.8 Å². The smallest absolute Gasteiger partial charge is 0.236 e. The van der Waals surface area contributed by atoms with Gasteiger partial charge in [0.15, 0.2) is 0 Å². The number of thioether (sulfide) groups is 1. The molecule has 2 aliphatic rings. The molecule has 0 aromatic carbocycles. The highest BCUT2D eigenvalue weighted by atomic mass is 35.5. The SMILES string of the molecule is CC(C)CCSCC(=O)N1CCCC(N2CCNCC2=O)C1.Cl. The molecule has 1 unspecified atom stereocenters. The topological polar surface area (TPSA) is 52.7 Å². The van der Waals surface area contributed by atoms with E-state index in [1.807, 2.05) is 9.80 Å². The number of amides is 2.